The first-order valence-corrected chi connectivity index (χ1v) is 6.25. The monoisotopic (exact) mass is 256 g/mol. The Morgan fingerprint density at radius 3 is 3.05 bits per heavy atom. The van der Waals surface area contributed by atoms with E-state index in [0.29, 0.717) is 0 Å². The van der Waals surface area contributed by atoms with Gasteiger partial charge in [0.15, 0.2) is 5.82 Å². The molecule has 0 bridgehead atoms. The first-order valence-electron chi connectivity index (χ1n) is 6.25. The highest BCUT2D eigenvalue weighted by atomic mass is 15.2. The number of hydrogen-bond donors (Lipinski definition) is 1. The predicted molar refractivity (Wildman–Crippen MR) is 73.1 cm³/mol. The van der Waals surface area contributed by atoms with Gasteiger partial charge in [0.1, 0.15) is 5.52 Å². The van der Waals surface area contributed by atoms with Crippen LogP contribution < -0.4 is 5.32 Å². The number of nitrogens with one attached hydrogen (secondary N) is 1. The highest BCUT2D eigenvalue weighted by Gasteiger charge is 2.04. The van der Waals surface area contributed by atoms with Crippen LogP contribution in [0, 0.1) is 6.92 Å². The van der Waals surface area contributed by atoms with Crippen LogP contribution in [0.15, 0.2) is 30.9 Å². The van der Waals surface area contributed by atoms with Crippen molar-refractivity contribution in [3.8, 4) is 0 Å². The summed E-state index contributed by atoms with van der Waals surface area (Å²) in [5.74, 6) is 0.868. The predicted octanol–water partition coefficient (Wildman–Crippen LogP) is 1.43. The van der Waals surface area contributed by atoms with Crippen molar-refractivity contribution in [1.82, 2.24) is 24.4 Å². The lowest BCUT2D eigenvalue weighted by atomic mass is 10.2. The van der Waals surface area contributed by atoms with Gasteiger partial charge in [-0.2, -0.15) is 10.2 Å². The summed E-state index contributed by atoms with van der Waals surface area (Å²) in [5, 5.41) is 11.9. The molecule has 6 nitrogen and oxygen atoms in total. The maximum Gasteiger partial charge on any atom is 0.152 e. The summed E-state index contributed by atoms with van der Waals surface area (Å²) in [7, 11) is 1.92. The van der Waals surface area contributed by atoms with Gasteiger partial charge in [0.2, 0.25) is 0 Å². The minimum absolute atomic E-state index is 0.822. The van der Waals surface area contributed by atoms with Crippen molar-refractivity contribution in [2.45, 2.75) is 13.3 Å². The van der Waals surface area contributed by atoms with Crippen molar-refractivity contribution in [3.05, 3.63) is 42.1 Å². The molecular weight excluding hydrogens is 240 g/mol. The standard InChI is InChI=1S/C13H16N6/c1-10-7-12-13(15-5-6-19(12)17-10)14-4-3-11-8-16-18(2)9-11/h5-9H,3-4H2,1-2H3,(H,14,15). The van der Waals surface area contributed by atoms with Gasteiger partial charge in [-0.15, -0.1) is 0 Å². The largest absolute Gasteiger partial charge is 0.368 e. The van der Waals surface area contributed by atoms with E-state index in [4.69, 9.17) is 0 Å². The highest BCUT2D eigenvalue weighted by molar-refractivity contribution is 5.67. The molecule has 0 aromatic carbocycles. The molecule has 0 aliphatic heterocycles. The molecule has 3 aromatic heterocycles. The average molecular weight is 256 g/mol. The lowest BCUT2D eigenvalue weighted by Crippen LogP contribution is -2.07. The smallest absolute Gasteiger partial charge is 0.152 e. The quantitative estimate of drug-likeness (QED) is 0.767. The summed E-state index contributed by atoms with van der Waals surface area (Å²) in [6.07, 6.45) is 8.45. The van der Waals surface area contributed by atoms with Crippen molar-refractivity contribution in [2.75, 3.05) is 11.9 Å². The van der Waals surface area contributed by atoms with Crippen LogP contribution in [0.1, 0.15) is 11.3 Å². The third-order valence-electron chi connectivity index (χ3n) is 2.98. The zero-order chi connectivity index (χ0) is 13.2. The molecule has 6 heteroatoms. The molecule has 98 valence electrons. The zero-order valence-corrected chi connectivity index (χ0v) is 11.0. The number of aryl methyl sites for hydroxylation is 2. The molecule has 0 unspecified atom stereocenters. The van der Waals surface area contributed by atoms with Gasteiger partial charge in [-0.3, -0.25) is 4.68 Å². The Bertz CT molecular complexity index is 696. The SMILES string of the molecule is Cc1cc2c(NCCc3cnn(C)c3)nccn2n1. The number of hydrogen-bond acceptors (Lipinski definition) is 4. The third-order valence-corrected chi connectivity index (χ3v) is 2.98. The lowest BCUT2D eigenvalue weighted by Gasteiger charge is -2.05. The Morgan fingerprint density at radius 1 is 1.37 bits per heavy atom. The molecule has 0 saturated heterocycles. The van der Waals surface area contributed by atoms with Crippen LogP contribution in [0.5, 0.6) is 0 Å². The van der Waals surface area contributed by atoms with Gasteiger partial charge in [-0.1, -0.05) is 0 Å². The van der Waals surface area contributed by atoms with Crippen LogP contribution >= 0.6 is 0 Å². The second-order valence-electron chi connectivity index (χ2n) is 4.59. The summed E-state index contributed by atoms with van der Waals surface area (Å²) in [6.45, 7) is 2.80. The molecular formula is C13H16N6. The van der Waals surface area contributed by atoms with E-state index in [1.165, 1.54) is 5.56 Å². The molecule has 0 fully saturated rings. The van der Waals surface area contributed by atoms with E-state index in [0.717, 1.165) is 30.0 Å². The number of aromatic nitrogens is 5. The molecule has 19 heavy (non-hydrogen) atoms. The molecule has 0 radical (unpaired) electrons. The number of rotatable bonds is 4. The highest BCUT2D eigenvalue weighted by Crippen LogP contribution is 2.14. The molecule has 3 aromatic rings. The van der Waals surface area contributed by atoms with Gasteiger partial charge in [-0.05, 0) is 25.0 Å². The van der Waals surface area contributed by atoms with E-state index >= 15 is 0 Å². The fourth-order valence-corrected chi connectivity index (χ4v) is 2.11. The number of anilines is 1. The minimum atomic E-state index is 0.822. The normalized spacial score (nSPS) is 11.1. The van der Waals surface area contributed by atoms with Crippen molar-refractivity contribution in [3.63, 3.8) is 0 Å². The van der Waals surface area contributed by atoms with Crippen LogP contribution in [-0.4, -0.2) is 30.9 Å². The van der Waals surface area contributed by atoms with Crippen molar-refractivity contribution in [2.24, 2.45) is 7.05 Å². The first kappa shape index (κ1) is 11.7. The summed E-state index contributed by atoms with van der Waals surface area (Å²) in [5.41, 5.74) is 3.21. The Kier molecular flexibility index (Phi) is 2.91. The van der Waals surface area contributed by atoms with Crippen molar-refractivity contribution >= 4 is 11.3 Å². The van der Waals surface area contributed by atoms with Gasteiger partial charge >= 0.3 is 0 Å². The van der Waals surface area contributed by atoms with Gasteiger partial charge in [0, 0.05) is 32.2 Å². The Balaban J connectivity index is 1.71. The van der Waals surface area contributed by atoms with E-state index in [2.05, 4.69) is 20.5 Å². The van der Waals surface area contributed by atoms with E-state index in [9.17, 15) is 0 Å². The Labute approximate surface area is 111 Å². The summed E-state index contributed by atoms with van der Waals surface area (Å²) >= 11 is 0. The maximum absolute atomic E-state index is 4.37. The molecule has 0 atom stereocenters. The molecule has 3 rings (SSSR count). The molecule has 3 heterocycles. The van der Waals surface area contributed by atoms with Crippen LogP contribution in [0.4, 0.5) is 5.82 Å². The number of fused-ring (bicyclic) bond motifs is 1. The van der Waals surface area contributed by atoms with Crippen LogP contribution in [0.3, 0.4) is 0 Å². The van der Waals surface area contributed by atoms with Crippen molar-refractivity contribution in [1.29, 1.82) is 0 Å². The van der Waals surface area contributed by atoms with E-state index < -0.39 is 0 Å². The maximum atomic E-state index is 4.37. The number of nitrogens with zero attached hydrogens (tertiary/aromatic N) is 5. The second kappa shape index (κ2) is 4.72. The summed E-state index contributed by atoms with van der Waals surface area (Å²) in [6, 6.07) is 2.03. The summed E-state index contributed by atoms with van der Waals surface area (Å²) < 4.78 is 3.66. The molecule has 0 aliphatic carbocycles. The Hall–Kier alpha value is -2.37. The fraction of sp³-hybridized carbons (Fsp3) is 0.308. The molecule has 0 amide bonds. The fourth-order valence-electron chi connectivity index (χ4n) is 2.11. The molecule has 1 N–H and O–H groups in total. The van der Waals surface area contributed by atoms with Gasteiger partial charge in [-0.25, -0.2) is 9.50 Å². The molecule has 0 saturated carbocycles. The van der Waals surface area contributed by atoms with E-state index in [-0.39, 0.29) is 0 Å². The van der Waals surface area contributed by atoms with E-state index in [1.807, 2.05) is 47.8 Å². The molecule has 0 spiro atoms. The van der Waals surface area contributed by atoms with Gasteiger partial charge in [0.05, 0.1) is 11.9 Å². The van der Waals surface area contributed by atoms with Crippen molar-refractivity contribution < 1.29 is 0 Å². The first-order chi connectivity index (χ1) is 9.22. The van der Waals surface area contributed by atoms with Crippen LogP contribution in [0.2, 0.25) is 0 Å². The third kappa shape index (κ3) is 2.42. The zero-order valence-electron chi connectivity index (χ0n) is 11.0. The van der Waals surface area contributed by atoms with Crippen LogP contribution in [0.25, 0.3) is 5.52 Å². The van der Waals surface area contributed by atoms with Gasteiger partial charge < -0.3 is 5.32 Å². The second-order valence-corrected chi connectivity index (χ2v) is 4.59. The summed E-state index contributed by atoms with van der Waals surface area (Å²) in [4.78, 5) is 4.36. The van der Waals surface area contributed by atoms with E-state index in [1.54, 1.807) is 6.20 Å². The average Bonchev–Trinajstić information content (AvgIpc) is 2.95. The van der Waals surface area contributed by atoms with Gasteiger partial charge in [0.25, 0.3) is 0 Å². The lowest BCUT2D eigenvalue weighted by molar-refractivity contribution is 0.767. The topological polar surface area (TPSA) is 60.0 Å². The Morgan fingerprint density at radius 2 is 2.26 bits per heavy atom. The minimum Gasteiger partial charge on any atom is -0.368 e. The van der Waals surface area contributed by atoms with Crippen LogP contribution in [-0.2, 0) is 13.5 Å². The molecule has 0 aliphatic rings.